The van der Waals surface area contributed by atoms with Crippen LogP contribution in [0.2, 0.25) is 10.0 Å². The van der Waals surface area contributed by atoms with Gasteiger partial charge in [-0.15, -0.1) is 0 Å². The molecule has 2 aromatic carbocycles. The summed E-state index contributed by atoms with van der Waals surface area (Å²) in [5, 5.41) is 3.62. The van der Waals surface area contributed by atoms with Crippen LogP contribution in [-0.4, -0.2) is 34.2 Å². The van der Waals surface area contributed by atoms with Gasteiger partial charge in [0, 0.05) is 19.2 Å². The Balaban J connectivity index is 1.74. The number of amides is 2. The van der Waals surface area contributed by atoms with E-state index in [-0.39, 0.29) is 18.2 Å². The highest BCUT2D eigenvalue weighted by atomic mass is 35.5. The van der Waals surface area contributed by atoms with Gasteiger partial charge < -0.3 is 5.32 Å². The van der Waals surface area contributed by atoms with Gasteiger partial charge in [-0.05, 0) is 44.0 Å². The smallest absolute Gasteiger partial charge is 0.242 e. The molecule has 5 nitrogen and oxygen atoms in total. The zero-order valence-electron chi connectivity index (χ0n) is 16.5. The van der Waals surface area contributed by atoms with Gasteiger partial charge >= 0.3 is 0 Å². The minimum absolute atomic E-state index is 0.0584. The van der Waals surface area contributed by atoms with Gasteiger partial charge in [-0.25, -0.2) is 4.99 Å². The van der Waals surface area contributed by atoms with Crippen LogP contribution in [0.15, 0.2) is 35.3 Å². The molecule has 0 saturated carbocycles. The number of thioether (sulfide) groups is 1. The summed E-state index contributed by atoms with van der Waals surface area (Å²) < 4.78 is 0. The summed E-state index contributed by atoms with van der Waals surface area (Å²) in [4.78, 5) is 31.1. The number of hydrogen-bond donors (Lipinski definition) is 1. The topological polar surface area (TPSA) is 61.8 Å². The summed E-state index contributed by atoms with van der Waals surface area (Å²) in [5.74, 6) is -0.374. The molecule has 2 aromatic rings. The van der Waals surface area contributed by atoms with E-state index in [4.69, 9.17) is 23.2 Å². The second-order valence-electron chi connectivity index (χ2n) is 7.00. The van der Waals surface area contributed by atoms with E-state index in [1.54, 1.807) is 25.2 Å². The summed E-state index contributed by atoms with van der Waals surface area (Å²) in [5.41, 5.74) is 4.41. The molecule has 1 unspecified atom stereocenters. The van der Waals surface area contributed by atoms with Crippen LogP contribution < -0.4 is 5.32 Å². The maximum Gasteiger partial charge on any atom is 0.242 e. The Labute approximate surface area is 184 Å². The largest absolute Gasteiger partial charge is 0.326 e. The minimum atomic E-state index is -0.539. The van der Waals surface area contributed by atoms with E-state index in [0.29, 0.717) is 20.9 Å². The molecule has 152 valence electrons. The van der Waals surface area contributed by atoms with Gasteiger partial charge in [-0.2, -0.15) is 0 Å². The molecule has 29 heavy (non-hydrogen) atoms. The average molecular weight is 450 g/mol. The standard InChI is InChI=1S/C21H21Cl2N3O2S/c1-11-8-12(2)19(13(3)9-11)25-17(27)10-16-20(28)26(4)21(29-16)24-15-7-5-6-14(22)18(15)23/h5-9,16H,10H2,1-4H3,(H,25,27). The Bertz CT molecular complexity index is 1000. The molecule has 1 saturated heterocycles. The fourth-order valence-corrected chi connectivity index (χ4v) is 4.70. The van der Waals surface area contributed by atoms with Crippen molar-refractivity contribution in [2.24, 2.45) is 4.99 Å². The predicted octanol–water partition coefficient (Wildman–Crippen LogP) is 5.51. The number of amidine groups is 1. The average Bonchev–Trinajstić information content (AvgIpc) is 2.90. The Kier molecular flexibility index (Phi) is 6.56. The van der Waals surface area contributed by atoms with Crippen LogP contribution in [0.4, 0.5) is 11.4 Å². The number of nitrogens with zero attached hydrogens (tertiary/aromatic N) is 2. The fourth-order valence-electron chi connectivity index (χ4n) is 3.22. The lowest BCUT2D eigenvalue weighted by Crippen LogP contribution is -2.30. The molecule has 1 aliphatic heterocycles. The molecule has 1 atom stereocenters. The monoisotopic (exact) mass is 449 g/mol. The number of halogens is 2. The first-order valence-electron chi connectivity index (χ1n) is 9.02. The molecule has 0 aromatic heterocycles. The molecule has 3 rings (SSSR count). The molecular formula is C21H21Cl2N3O2S. The van der Waals surface area contributed by atoms with Gasteiger partial charge in [0.1, 0.15) is 5.25 Å². The lowest BCUT2D eigenvalue weighted by molar-refractivity contribution is -0.127. The van der Waals surface area contributed by atoms with Gasteiger partial charge in [0.25, 0.3) is 0 Å². The number of rotatable bonds is 4. The van der Waals surface area contributed by atoms with Gasteiger partial charge in [0.05, 0.1) is 15.7 Å². The molecule has 1 aliphatic rings. The zero-order valence-corrected chi connectivity index (χ0v) is 18.9. The normalized spacial score (nSPS) is 17.9. The van der Waals surface area contributed by atoms with Gasteiger partial charge in [0.2, 0.25) is 11.8 Å². The number of anilines is 1. The molecule has 0 bridgehead atoms. The van der Waals surface area contributed by atoms with Crippen LogP contribution in [0.5, 0.6) is 0 Å². The summed E-state index contributed by atoms with van der Waals surface area (Å²) in [6.07, 6.45) is 0.0584. The van der Waals surface area contributed by atoms with Crippen molar-refractivity contribution < 1.29 is 9.59 Å². The third-order valence-corrected chi connectivity index (χ3v) is 6.64. The molecule has 0 spiro atoms. The number of nitrogens with one attached hydrogen (secondary N) is 1. The van der Waals surface area contributed by atoms with Crippen molar-refractivity contribution >= 4 is 63.3 Å². The van der Waals surface area contributed by atoms with E-state index in [0.717, 1.165) is 22.4 Å². The number of hydrogen-bond acceptors (Lipinski definition) is 4. The first-order valence-corrected chi connectivity index (χ1v) is 10.7. The highest BCUT2D eigenvalue weighted by molar-refractivity contribution is 8.15. The summed E-state index contributed by atoms with van der Waals surface area (Å²) in [6.45, 7) is 5.93. The molecular weight excluding hydrogens is 429 g/mol. The minimum Gasteiger partial charge on any atom is -0.326 e. The number of aryl methyl sites for hydroxylation is 3. The van der Waals surface area contributed by atoms with E-state index >= 15 is 0 Å². The highest BCUT2D eigenvalue weighted by Gasteiger charge is 2.37. The number of carbonyl (C=O) groups excluding carboxylic acids is 2. The zero-order chi connectivity index (χ0) is 21.3. The summed E-state index contributed by atoms with van der Waals surface area (Å²) in [6, 6.07) is 9.18. The Morgan fingerprint density at radius 1 is 1.21 bits per heavy atom. The van der Waals surface area contributed by atoms with Crippen molar-refractivity contribution in [1.82, 2.24) is 4.90 Å². The van der Waals surface area contributed by atoms with Crippen molar-refractivity contribution in [3.8, 4) is 0 Å². The van der Waals surface area contributed by atoms with Crippen molar-refractivity contribution in [2.45, 2.75) is 32.4 Å². The highest BCUT2D eigenvalue weighted by Crippen LogP contribution is 2.36. The van der Waals surface area contributed by atoms with Crippen LogP contribution in [0.3, 0.4) is 0 Å². The summed E-state index contributed by atoms with van der Waals surface area (Å²) >= 11 is 13.5. The molecule has 0 aliphatic carbocycles. The Morgan fingerprint density at radius 2 is 1.86 bits per heavy atom. The SMILES string of the molecule is Cc1cc(C)c(NC(=O)CC2SC(=Nc3cccc(Cl)c3Cl)N(C)C2=O)c(C)c1. The van der Waals surface area contributed by atoms with Crippen LogP contribution in [0.25, 0.3) is 0 Å². The molecule has 8 heteroatoms. The predicted molar refractivity (Wildman–Crippen MR) is 122 cm³/mol. The lowest BCUT2D eigenvalue weighted by Gasteiger charge is -2.14. The molecule has 1 heterocycles. The van der Waals surface area contributed by atoms with Crippen molar-refractivity contribution in [2.75, 3.05) is 12.4 Å². The quantitative estimate of drug-likeness (QED) is 0.668. The summed E-state index contributed by atoms with van der Waals surface area (Å²) in [7, 11) is 1.64. The lowest BCUT2D eigenvalue weighted by atomic mass is 10.0. The van der Waals surface area contributed by atoms with E-state index < -0.39 is 5.25 Å². The third kappa shape index (κ3) is 4.77. The molecule has 1 fully saturated rings. The van der Waals surface area contributed by atoms with E-state index in [1.165, 1.54) is 16.7 Å². The van der Waals surface area contributed by atoms with Crippen LogP contribution in [0.1, 0.15) is 23.1 Å². The molecule has 1 N–H and O–H groups in total. The van der Waals surface area contributed by atoms with Crippen molar-refractivity contribution in [3.63, 3.8) is 0 Å². The number of benzene rings is 2. The first-order chi connectivity index (χ1) is 13.7. The second kappa shape index (κ2) is 8.78. The van der Waals surface area contributed by atoms with Crippen molar-refractivity contribution in [1.29, 1.82) is 0 Å². The first kappa shape index (κ1) is 21.7. The van der Waals surface area contributed by atoms with Crippen LogP contribution in [0, 0.1) is 20.8 Å². The molecule has 2 amide bonds. The Morgan fingerprint density at radius 3 is 2.52 bits per heavy atom. The van der Waals surface area contributed by atoms with Crippen LogP contribution >= 0.6 is 35.0 Å². The van der Waals surface area contributed by atoms with Gasteiger partial charge in [-0.3, -0.25) is 14.5 Å². The third-order valence-electron chi connectivity index (χ3n) is 4.60. The van der Waals surface area contributed by atoms with E-state index in [9.17, 15) is 9.59 Å². The number of carbonyl (C=O) groups is 2. The van der Waals surface area contributed by atoms with Gasteiger partial charge in [0.15, 0.2) is 5.17 Å². The van der Waals surface area contributed by atoms with Crippen molar-refractivity contribution in [3.05, 3.63) is 57.1 Å². The fraction of sp³-hybridized carbons (Fsp3) is 0.286. The maximum atomic E-state index is 12.6. The molecule has 0 radical (unpaired) electrons. The Hall–Kier alpha value is -2.02. The van der Waals surface area contributed by atoms with E-state index in [2.05, 4.69) is 10.3 Å². The van der Waals surface area contributed by atoms with Crippen LogP contribution in [-0.2, 0) is 9.59 Å². The maximum absolute atomic E-state index is 12.6. The van der Waals surface area contributed by atoms with Gasteiger partial charge in [-0.1, -0.05) is 58.7 Å². The number of aliphatic imine (C=N–C) groups is 1. The van der Waals surface area contributed by atoms with E-state index in [1.807, 2.05) is 32.9 Å². The second-order valence-corrected chi connectivity index (χ2v) is 8.95.